The lowest BCUT2D eigenvalue weighted by Gasteiger charge is -2.12. The molecular formula is C20H17N5O. The van der Waals surface area contributed by atoms with E-state index in [1.807, 2.05) is 25.4 Å². The number of pyridine rings is 2. The summed E-state index contributed by atoms with van der Waals surface area (Å²) in [6.45, 7) is 2.18. The van der Waals surface area contributed by atoms with Crippen molar-refractivity contribution in [1.29, 1.82) is 5.26 Å². The van der Waals surface area contributed by atoms with Gasteiger partial charge in [0.1, 0.15) is 18.5 Å². The van der Waals surface area contributed by atoms with E-state index in [0.29, 0.717) is 18.1 Å². The Labute approximate surface area is 151 Å². The van der Waals surface area contributed by atoms with E-state index in [0.717, 1.165) is 47.6 Å². The van der Waals surface area contributed by atoms with E-state index in [1.54, 1.807) is 18.3 Å². The fourth-order valence-corrected chi connectivity index (χ4v) is 3.10. The molecule has 1 aliphatic carbocycles. The minimum atomic E-state index is 0.307. The molecule has 0 N–H and O–H groups in total. The quantitative estimate of drug-likeness (QED) is 0.723. The van der Waals surface area contributed by atoms with Crippen molar-refractivity contribution >= 4 is 0 Å². The van der Waals surface area contributed by atoms with Crippen molar-refractivity contribution < 1.29 is 4.74 Å². The maximum Gasteiger partial charge on any atom is 0.214 e. The fraction of sp³-hybridized carbons (Fsp3) is 0.250. The summed E-state index contributed by atoms with van der Waals surface area (Å²) in [5.74, 6) is 1.33. The van der Waals surface area contributed by atoms with Crippen molar-refractivity contribution in [3.63, 3.8) is 0 Å². The first-order chi connectivity index (χ1) is 12.7. The Morgan fingerprint density at radius 3 is 2.69 bits per heavy atom. The topological polar surface area (TPSA) is 84.6 Å². The van der Waals surface area contributed by atoms with Crippen LogP contribution in [0, 0.1) is 18.3 Å². The van der Waals surface area contributed by atoms with Gasteiger partial charge in [-0.25, -0.2) is 15.0 Å². The van der Waals surface area contributed by atoms with Gasteiger partial charge in [-0.05, 0) is 49.4 Å². The van der Waals surface area contributed by atoms with E-state index < -0.39 is 0 Å². The smallest absolute Gasteiger partial charge is 0.214 e. The lowest BCUT2D eigenvalue weighted by molar-refractivity contribution is 0.288. The van der Waals surface area contributed by atoms with E-state index in [-0.39, 0.29) is 0 Å². The lowest BCUT2D eigenvalue weighted by Crippen LogP contribution is -2.03. The van der Waals surface area contributed by atoms with Crippen molar-refractivity contribution in [1.82, 2.24) is 19.9 Å². The lowest BCUT2D eigenvalue weighted by atomic mass is 10.0. The van der Waals surface area contributed by atoms with Crippen molar-refractivity contribution in [3.8, 4) is 23.1 Å². The first kappa shape index (κ1) is 16.2. The summed E-state index contributed by atoms with van der Waals surface area (Å²) < 4.78 is 5.88. The third-order valence-corrected chi connectivity index (χ3v) is 4.44. The van der Waals surface area contributed by atoms with Gasteiger partial charge in [-0.15, -0.1) is 0 Å². The van der Waals surface area contributed by atoms with E-state index in [2.05, 4.69) is 26.0 Å². The van der Waals surface area contributed by atoms with Gasteiger partial charge in [0.15, 0.2) is 0 Å². The molecule has 0 saturated carbocycles. The molecule has 26 heavy (non-hydrogen) atoms. The van der Waals surface area contributed by atoms with E-state index in [1.165, 1.54) is 5.56 Å². The van der Waals surface area contributed by atoms with Crippen molar-refractivity contribution in [3.05, 3.63) is 65.1 Å². The van der Waals surface area contributed by atoms with Gasteiger partial charge in [0.25, 0.3) is 0 Å². The van der Waals surface area contributed by atoms with Gasteiger partial charge in [0.2, 0.25) is 5.88 Å². The van der Waals surface area contributed by atoms with Crippen molar-refractivity contribution in [2.24, 2.45) is 0 Å². The highest BCUT2D eigenvalue weighted by atomic mass is 16.5. The summed E-state index contributed by atoms with van der Waals surface area (Å²) in [5.41, 5.74) is 5.72. The average molecular weight is 343 g/mol. The molecule has 0 radical (unpaired) electrons. The fourth-order valence-electron chi connectivity index (χ4n) is 3.10. The summed E-state index contributed by atoms with van der Waals surface area (Å²) in [6, 6.07) is 7.54. The molecule has 1 aliphatic rings. The third-order valence-electron chi connectivity index (χ3n) is 4.44. The first-order valence-electron chi connectivity index (χ1n) is 8.52. The van der Waals surface area contributed by atoms with Crippen molar-refractivity contribution in [2.45, 2.75) is 32.8 Å². The molecule has 128 valence electrons. The molecule has 0 aliphatic heterocycles. The highest BCUT2D eigenvalue weighted by Gasteiger charge is 2.20. The monoisotopic (exact) mass is 343 g/mol. The molecule has 0 fully saturated rings. The largest absolute Gasteiger partial charge is 0.471 e. The molecule has 0 bridgehead atoms. The van der Waals surface area contributed by atoms with E-state index in [9.17, 15) is 0 Å². The number of nitrogens with zero attached hydrogens (tertiary/aromatic N) is 5. The molecule has 0 saturated heterocycles. The number of hydrogen-bond donors (Lipinski definition) is 0. The zero-order valence-electron chi connectivity index (χ0n) is 14.4. The van der Waals surface area contributed by atoms with Crippen LogP contribution < -0.4 is 4.74 Å². The van der Waals surface area contributed by atoms with Crippen LogP contribution in [0.4, 0.5) is 0 Å². The normalized spacial score (nSPS) is 12.5. The van der Waals surface area contributed by atoms with Gasteiger partial charge < -0.3 is 4.74 Å². The maximum absolute atomic E-state index is 8.84. The molecule has 6 nitrogen and oxygen atoms in total. The Morgan fingerprint density at radius 2 is 1.96 bits per heavy atom. The zero-order chi connectivity index (χ0) is 17.9. The molecule has 0 unspecified atom stereocenters. The molecular weight excluding hydrogens is 326 g/mol. The molecule has 3 heterocycles. The summed E-state index contributed by atoms with van der Waals surface area (Å²) >= 11 is 0. The van der Waals surface area contributed by atoms with Crippen LogP contribution in [0.5, 0.6) is 5.88 Å². The van der Waals surface area contributed by atoms with Crippen LogP contribution in [0.2, 0.25) is 0 Å². The highest BCUT2D eigenvalue weighted by Crippen LogP contribution is 2.33. The summed E-state index contributed by atoms with van der Waals surface area (Å²) in [6.07, 6.45) is 8.32. The number of ether oxygens (including phenoxy) is 1. The van der Waals surface area contributed by atoms with Gasteiger partial charge in [-0.3, -0.25) is 4.98 Å². The van der Waals surface area contributed by atoms with Crippen LogP contribution in [-0.2, 0) is 19.4 Å². The SMILES string of the molecule is Cc1ncc(-c2cc(OCc3ccc(C#N)cn3)nc3c2CCC3)cn1. The predicted octanol–water partition coefficient (Wildman–Crippen LogP) is 3.18. The number of nitriles is 1. The van der Waals surface area contributed by atoms with Gasteiger partial charge >= 0.3 is 0 Å². The third kappa shape index (κ3) is 3.24. The van der Waals surface area contributed by atoms with Gasteiger partial charge in [-0.2, -0.15) is 5.26 Å². The van der Waals surface area contributed by atoms with E-state index in [4.69, 9.17) is 10.00 Å². The highest BCUT2D eigenvalue weighted by molar-refractivity contribution is 5.68. The summed E-state index contributed by atoms with van der Waals surface area (Å²) in [7, 11) is 0. The minimum Gasteiger partial charge on any atom is -0.471 e. The minimum absolute atomic E-state index is 0.307. The van der Waals surface area contributed by atoms with Crippen LogP contribution in [0.1, 0.15) is 34.8 Å². The van der Waals surface area contributed by atoms with Gasteiger partial charge in [0.05, 0.1) is 11.3 Å². The first-order valence-corrected chi connectivity index (χ1v) is 8.52. The van der Waals surface area contributed by atoms with Gasteiger partial charge in [-0.1, -0.05) is 0 Å². The predicted molar refractivity (Wildman–Crippen MR) is 95.3 cm³/mol. The number of fused-ring (bicyclic) bond motifs is 1. The Kier molecular flexibility index (Phi) is 4.28. The molecule has 4 rings (SSSR count). The van der Waals surface area contributed by atoms with E-state index >= 15 is 0 Å². The Hall–Kier alpha value is -3.33. The Bertz CT molecular complexity index is 975. The second-order valence-electron chi connectivity index (χ2n) is 6.24. The zero-order valence-corrected chi connectivity index (χ0v) is 14.4. The standard InChI is InChI=1S/C20H17N5O/c1-13-22-10-15(11-23-13)18-7-20(25-19-4-2-3-17(18)19)26-12-16-6-5-14(8-21)9-24-16/h5-7,9-11H,2-4,12H2,1H3. The molecule has 6 heteroatoms. The van der Waals surface area contributed by atoms with Crippen molar-refractivity contribution in [2.75, 3.05) is 0 Å². The second kappa shape index (κ2) is 6.89. The van der Waals surface area contributed by atoms with Crippen LogP contribution in [-0.4, -0.2) is 19.9 Å². The number of hydrogen-bond acceptors (Lipinski definition) is 6. The van der Waals surface area contributed by atoms with Crippen LogP contribution in [0.15, 0.2) is 36.8 Å². The Balaban J connectivity index is 1.61. The average Bonchev–Trinajstić information content (AvgIpc) is 3.15. The summed E-state index contributed by atoms with van der Waals surface area (Å²) in [4.78, 5) is 17.5. The molecule has 0 aromatic carbocycles. The van der Waals surface area contributed by atoms with Crippen LogP contribution in [0.25, 0.3) is 11.1 Å². The second-order valence-corrected chi connectivity index (χ2v) is 6.24. The number of aryl methyl sites for hydroxylation is 2. The van der Waals surface area contributed by atoms with Crippen LogP contribution in [0.3, 0.4) is 0 Å². The van der Waals surface area contributed by atoms with Gasteiger partial charge in [0, 0.05) is 35.9 Å². The molecule has 0 spiro atoms. The molecule has 0 atom stereocenters. The molecule has 3 aromatic rings. The number of rotatable bonds is 4. The molecule has 3 aromatic heterocycles. The van der Waals surface area contributed by atoms with Crippen LogP contribution >= 0.6 is 0 Å². The summed E-state index contributed by atoms with van der Waals surface area (Å²) in [5, 5.41) is 8.84. The maximum atomic E-state index is 8.84. The molecule has 0 amide bonds. The number of aromatic nitrogens is 4. The Morgan fingerprint density at radius 1 is 1.12 bits per heavy atom.